The third-order valence-corrected chi connectivity index (χ3v) is 5.72. The van der Waals surface area contributed by atoms with E-state index in [-0.39, 0.29) is 5.91 Å². The molecule has 1 N–H and O–H groups in total. The van der Waals surface area contributed by atoms with Gasteiger partial charge in [0.05, 0.1) is 11.2 Å². The van der Waals surface area contributed by atoms with Crippen molar-refractivity contribution in [3.05, 3.63) is 66.4 Å². The molecule has 0 radical (unpaired) electrons. The second kappa shape index (κ2) is 7.67. The van der Waals surface area contributed by atoms with E-state index in [9.17, 15) is 4.79 Å². The lowest BCUT2D eigenvalue weighted by atomic mass is 10.1. The molecule has 30 heavy (non-hydrogen) atoms. The van der Waals surface area contributed by atoms with Gasteiger partial charge in [0, 0.05) is 44.7 Å². The van der Waals surface area contributed by atoms with Gasteiger partial charge in [-0.1, -0.05) is 48.5 Å². The average molecular weight is 400 g/mol. The van der Waals surface area contributed by atoms with Crippen LogP contribution < -0.4 is 4.90 Å². The molecule has 1 fully saturated rings. The van der Waals surface area contributed by atoms with Gasteiger partial charge in [0.25, 0.3) is 5.91 Å². The zero-order valence-electron chi connectivity index (χ0n) is 17.0. The number of benzene rings is 2. The van der Waals surface area contributed by atoms with Crippen molar-refractivity contribution in [1.29, 1.82) is 0 Å². The Kier molecular flexibility index (Phi) is 4.71. The van der Waals surface area contributed by atoms with Crippen molar-refractivity contribution >= 4 is 22.6 Å². The van der Waals surface area contributed by atoms with E-state index in [2.05, 4.69) is 38.4 Å². The molecule has 1 aliphatic rings. The molecule has 1 saturated heterocycles. The van der Waals surface area contributed by atoms with Gasteiger partial charge in [0.15, 0.2) is 11.5 Å². The van der Waals surface area contributed by atoms with Crippen LogP contribution in [-0.2, 0) is 7.05 Å². The molecule has 7 nitrogen and oxygen atoms in total. The first-order valence-electron chi connectivity index (χ1n) is 10.3. The Morgan fingerprint density at radius 2 is 1.77 bits per heavy atom. The van der Waals surface area contributed by atoms with Gasteiger partial charge in [-0.25, -0.2) is 0 Å². The molecule has 2 aromatic heterocycles. The van der Waals surface area contributed by atoms with Crippen LogP contribution in [0, 0.1) is 0 Å². The number of amides is 1. The van der Waals surface area contributed by atoms with Crippen molar-refractivity contribution in [2.45, 2.75) is 6.42 Å². The summed E-state index contributed by atoms with van der Waals surface area (Å²) in [6.07, 6.45) is 0.893. The Balaban J connectivity index is 1.32. The molecule has 1 aliphatic heterocycles. The van der Waals surface area contributed by atoms with E-state index in [1.165, 1.54) is 0 Å². The maximum Gasteiger partial charge on any atom is 0.275 e. The first-order valence-corrected chi connectivity index (χ1v) is 10.3. The Hall–Kier alpha value is -3.61. The highest BCUT2D eigenvalue weighted by Gasteiger charge is 2.25. The molecule has 0 unspecified atom stereocenters. The van der Waals surface area contributed by atoms with Crippen molar-refractivity contribution < 1.29 is 4.79 Å². The second-order valence-corrected chi connectivity index (χ2v) is 7.63. The van der Waals surface area contributed by atoms with Crippen LogP contribution in [0.15, 0.2) is 60.7 Å². The third-order valence-electron chi connectivity index (χ3n) is 5.72. The number of carbonyl (C=O) groups excluding carboxylic acids is 1. The minimum atomic E-state index is 0.000604. The van der Waals surface area contributed by atoms with E-state index >= 15 is 0 Å². The molecule has 2 aromatic carbocycles. The number of rotatable bonds is 3. The molecular formula is C23H24N6O. The van der Waals surface area contributed by atoms with Gasteiger partial charge in [-0.2, -0.15) is 10.2 Å². The second-order valence-electron chi connectivity index (χ2n) is 7.63. The Morgan fingerprint density at radius 1 is 0.967 bits per heavy atom. The SMILES string of the molecule is Cn1nc(C(=O)N2CCCN(c3cc(-c4ccccc4)[nH]n3)CC2)c2ccccc21. The van der Waals surface area contributed by atoms with E-state index in [0.29, 0.717) is 12.2 Å². The zero-order chi connectivity index (χ0) is 20.5. The average Bonchev–Trinajstić information content (AvgIpc) is 3.32. The summed E-state index contributed by atoms with van der Waals surface area (Å²) in [5, 5.41) is 13.1. The molecule has 5 rings (SSSR count). The standard InChI is InChI=1S/C23H24N6O/c1-27-20-11-6-5-10-18(20)22(26-27)23(30)29-13-7-12-28(14-15-29)21-16-19(24-25-21)17-8-3-2-4-9-17/h2-6,8-11,16H,7,12-15H2,1H3,(H,24,25). The van der Waals surface area contributed by atoms with Crippen LogP contribution in [0.1, 0.15) is 16.9 Å². The lowest BCUT2D eigenvalue weighted by molar-refractivity contribution is 0.0762. The normalized spacial score (nSPS) is 14.8. The van der Waals surface area contributed by atoms with E-state index in [4.69, 9.17) is 0 Å². The van der Waals surface area contributed by atoms with Gasteiger partial charge in [0.1, 0.15) is 0 Å². The molecule has 0 saturated carbocycles. The maximum absolute atomic E-state index is 13.2. The molecule has 0 bridgehead atoms. The van der Waals surface area contributed by atoms with Crippen LogP contribution in [0.4, 0.5) is 5.82 Å². The number of nitrogens with one attached hydrogen (secondary N) is 1. The van der Waals surface area contributed by atoms with Gasteiger partial charge in [-0.05, 0) is 18.1 Å². The number of aryl methyl sites for hydroxylation is 1. The summed E-state index contributed by atoms with van der Waals surface area (Å²) in [4.78, 5) is 17.4. The highest BCUT2D eigenvalue weighted by atomic mass is 16.2. The number of hydrogen-bond acceptors (Lipinski definition) is 4. The van der Waals surface area contributed by atoms with Crippen molar-refractivity contribution in [1.82, 2.24) is 24.9 Å². The first-order chi connectivity index (χ1) is 14.7. The molecule has 7 heteroatoms. The van der Waals surface area contributed by atoms with E-state index in [0.717, 1.165) is 54.0 Å². The number of aromatic amines is 1. The lowest BCUT2D eigenvalue weighted by Crippen LogP contribution is -2.35. The summed E-state index contributed by atoms with van der Waals surface area (Å²) in [5.74, 6) is 0.923. The van der Waals surface area contributed by atoms with Crippen LogP contribution in [0.2, 0.25) is 0 Å². The highest BCUT2D eigenvalue weighted by Crippen LogP contribution is 2.23. The molecule has 0 aliphatic carbocycles. The molecular weight excluding hydrogens is 376 g/mol. The summed E-state index contributed by atoms with van der Waals surface area (Å²) in [6.45, 7) is 2.98. The monoisotopic (exact) mass is 400 g/mol. The Labute approximate surface area is 174 Å². The number of fused-ring (bicyclic) bond motifs is 1. The largest absolute Gasteiger partial charge is 0.353 e. The summed E-state index contributed by atoms with van der Waals surface area (Å²) < 4.78 is 1.78. The molecule has 0 spiro atoms. The number of anilines is 1. The molecule has 1 amide bonds. The predicted molar refractivity (Wildman–Crippen MR) is 117 cm³/mol. The number of nitrogens with zero attached hydrogens (tertiary/aromatic N) is 5. The van der Waals surface area contributed by atoms with Crippen molar-refractivity contribution in [3.8, 4) is 11.3 Å². The van der Waals surface area contributed by atoms with Crippen molar-refractivity contribution in [3.63, 3.8) is 0 Å². The fourth-order valence-electron chi connectivity index (χ4n) is 4.11. The Bertz CT molecular complexity index is 1180. The quantitative estimate of drug-likeness (QED) is 0.573. The van der Waals surface area contributed by atoms with Crippen molar-refractivity contribution in [2.24, 2.45) is 7.05 Å². The number of carbonyl (C=O) groups is 1. The van der Waals surface area contributed by atoms with Gasteiger partial charge in [0.2, 0.25) is 0 Å². The number of para-hydroxylation sites is 1. The highest BCUT2D eigenvalue weighted by molar-refractivity contribution is 6.04. The van der Waals surface area contributed by atoms with Gasteiger partial charge in [-0.15, -0.1) is 0 Å². The van der Waals surface area contributed by atoms with Crippen LogP contribution >= 0.6 is 0 Å². The van der Waals surface area contributed by atoms with Crippen LogP contribution in [0.25, 0.3) is 22.2 Å². The third kappa shape index (κ3) is 3.32. The predicted octanol–water partition coefficient (Wildman–Crippen LogP) is 3.32. The Morgan fingerprint density at radius 3 is 2.63 bits per heavy atom. The fraction of sp³-hybridized carbons (Fsp3) is 0.261. The fourth-order valence-corrected chi connectivity index (χ4v) is 4.11. The maximum atomic E-state index is 13.2. The van der Waals surface area contributed by atoms with Crippen molar-refractivity contribution in [2.75, 3.05) is 31.1 Å². The van der Waals surface area contributed by atoms with Crippen LogP contribution in [-0.4, -0.2) is 57.0 Å². The van der Waals surface area contributed by atoms with E-state index in [1.807, 2.05) is 54.4 Å². The smallest absolute Gasteiger partial charge is 0.275 e. The minimum absolute atomic E-state index is 0.000604. The molecule has 0 atom stereocenters. The lowest BCUT2D eigenvalue weighted by Gasteiger charge is -2.21. The summed E-state index contributed by atoms with van der Waals surface area (Å²) in [7, 11) is 1.88. The molecule has 3 heterocycles. The van der Waals surface area contributed by atoms with Gasteiger partial charge in [-0.3, -0.25) is 14.6 Å². The summed E-state index contributed by atoms with van der Waals surface area (Å²) in [5.41, 5.74) is 3.63. The summed E-state index contributed by atoms with van der Waals surface area (Å²) in [6, 6.07) is 20.1. The number of aromatic nitrogens is 4. The van der Waals surface area contributed by atoms with E-state index < -0.39 is 0 Å². The molecule has 4 aromatic rings. The number of hydrogen-bond donors (Lipinski definition) is 1. The van der Waals surface area contributed by atoms with Gasteiger partial charge >= 0.3 is 0 Å². The van der Waals surface area contributed by atoms with E-state index in [1.54, 1.807) is 4.68 Å². The number of H-pyrrole nitrogens is 1. The minimum Gasteiger partial charge on any atom is -0.353 e. The first kappa shape index (κ1) is 18.4. The topological polar surface area (TPSA) is 70.1 Å². The molecule has 152 valence electrons. The van der Waals surface area contributed by atoms with Crippen LogP contribution in [0.5, 0.6) is 0 Å². The van der Waals surface area contributed by atoms with Gasteiger partial charge < -0.3 is 9.80 Å². The zero-order valence-corrected chi connectivity index (χ0v) is 17.0. The van der Waals surface area contributed by atoms with Crippen LogP contribution in [0.3, 0.4) is 0 Å². The summed E-state index contributed by atoms with van der Waals surface area (Å²) >= 11 is 0.